The first kappa shape index (κ1) is 9.27. The van der Waals surface area contributed by atoms with Crippen LogP contribution in [0.4, 0.5) is 5.69 Å². The maximum absolute atomic E-state index is 6.02. The Bertz CT molecular complexity index is 572. The molecule has 0 amide bonds. The topological polar surface area (TPSA) is 53.1 Å². The number of fused-ring (bicyclic) bond motifs is 3. The number of hydrogen-bond acceptors (Lipinski definition) is 3. The summed E-state index contributed by atoms with van der Waals surface area (Å²) < 4.78 is 7.56. The predicted molar refractivity (Wildman–Crippen MR) is 62.1 cm³/mol. The summed E-state index contributed by atoms with van der Waals surface area (Å²) >= 11 is 0. The second kappa shape index (κ2) is 3.01. The Balaban J connectivity index is 2.33. The number of anilines is 1. The number of nitrogen functional groups attached to an aromatic ring is 1. The molecular weight excluding hydrogens is 202 g/mol. The Kier molecular flexibility index (Phi) is 1.74. The molecule has 2 aromatic rings. The summed E-state index contributed by atoms with van der Waals surface area (Å²) in [6.45, 7) is 2.53. The fraction of sp³-hybridized carbons (Fsp3) is 0.250. The van der Waals surface area contributed by atoms with Gasteiger partial charge >= 0.3 is 0 Å². The van der Waals surface area contributed by atoms with Crippen LogP contribution in [0.1, 0.15) is 11.1 Å². The fourth-order valence-electron chi connectivity index (χ4n) is 2.13. The largest absolute Gasteiger partial charge is 0.486 e. The van der Waals surface area contributed by atoms with Gasteiger partial charge in [0.25, 0.3) is 0 Å². The molecule has 1 aromatic heterocycles. The van der Waals surface area contributed by atoms with E-state index in [2.05, 4.69) is 5.10 Å². The minimum Gasteiger partial charge on any atom is -0.486 e. The highest BCUT2D eigenvalue weighted by Crippen LogP contribution is 2.41. The molecule has 0 atom stereocenters. The van der Waals surface area contributed by atoms with E-state index < -0.39 is 0 Å². The Morgan fingerprint density at radius 1 is 1.44 bits per heavy atom. The second-order valence-corrected chi connectivity index (χ2v) is 4.10. The monoisotopic (exact) mass is 215 g/mol. The Labute approximate surface area is 93.6 Å². The average Bonchev–Trinajstić information content (AvgIpc) is 2.66. The van der Waals surface area contributed by atoms with Crippen LogP contribution in [0.25, 0.3) is 11.3 Å². The van der Waals surface area contributed by atoms with Crippen molar-refractivity contribution in [2.75, 3.05) is 5.73 Å². The van der Waals surface area contributed by atoms with Crippen LogP contribution in [0.5, 0.6) is 5.75 Å². The van der Waals surface area contributed by atoms with Gasteiger partial charge in [-0.15, -0.1) is 0 Å². The number of aromatic nitrogens is 2. The number of nitrogens with two attached hydrogens (primary N) is 1. The van der Waals surface area contributed by atoms with E-state index in [1.54, 1.807) is 0 Å². The van der Waals surface area contributed by atoms with Crippen LogP contribution in [0, 0.1) is 6.92 Å². The van der Waals surface area contributed by atoms with Gasteiger partial charge in [-0.05, 0) is 18.6 Å². The van der Waals surface area contributed by atoms with Crippen molar-refractivity contribution in [1.29, 1.82) is 0 Å². The molecule has 3 rings (SSSR count). The number of benzene rings is 1. The number of hydrogen-bond donors (Lipinski definition) is 1. The molecule has 1 aromatic carbocycles. The third-order valence-electron chi connectivity index (χ3n) is 3.06. The molecule has 0 unspecified atom stereocenters. The zero-order chi connectivity index (χ0) is 11.3. The van der Waals surface area contributed by atoms with Crippen molar-refractivity contribution in [3.63, 3.8) is 0 Å². The molecule has 16 heavy (non-hydrogen) atoms. The third-order valence-corrected chi connectivity index (χ3v) is 3.06. The minimum atomic E-state index is 0.545. The summed E-state index contributed by atoms with van der Waals surface area (Å²) in [4.78, 5) is 0. The summed E-state index contributed by atoms with van der Waals surface area (Å²) in [7, 11) is 1.93. The summed E-state index contributed by atoms with van der Waals surface area (Å²) in [5.74, 6) is 0.788. The number of nitrogens with zero attached hydrogens (tertiary/aromatic N) is 2. The van der Waals surface area contributed by atoms with Crippen molar-refractivity contribution in [2.45, 2.75) is 13.5 Å². The zero-order valence-electron chi connectivity index (χ0n) is 9.32. The van der Waals surface area contributed by atoms with Crippen molar-refractivity contribution in [3.05, 3.63) is 29.5 Å². The lowest BCUT2D eigenvalue weighted by Gasteiger charge is -2.20. The molecule has 4 nitrogen and oxygen atoms in total. The molecule has 0 saturated heterocycles. The molecule has 4 heteroatoms. The van der Waals surface area contributed by atoms with Crippen LogP contribution >= 0.6 is 0 Å². The quantitative estimate of drug-likeness (QED) is 0.682. The van der Waals surface area contributed by atoms with Gasteiger partial charge in [0, 0.05) is 18.2 Å². The summed E-state index contributed by atoms with van der Waals surface area (Å²) in [6, 6.07) is 4.06. The molecule has 0 fully saturated rings. The molecular formula is C12H13N3O. The van der Waals surface area contributed by atoms with E-state index in [1.165, 1.54) is 0 Å². The predicted octanol–water partition coefficient (Wildman–Crippen LogP) is 1.87. The zero-order valence-corrected chi connectivity index (χ0v) is 9.32. The Morgan fingerprint density at radius 3 is 3.06 bits per heavy atom. The fourth-order valence-corrected chi connectivity index (χ4v) is 2.13. The van der Waals surface area contributed by atoms with Gasteiger partial charge in [-0.25, -0.2) is 0 Å². The summed E-state index contributed by atoms with van der Waals surface area (Å²) in [5, 5.41) is 4.25. The molecule has 0 bridgehead atoms. The van der Waals surface area contributed by atoms with Crippen LogP contribution in [-0.4, -0.2) is 9.78 Å². The van der Waals surface area contributed by atoms with Crippen molar-refractivity contribution in [3.8, 4) is 17.0 Å². The van der Waals surface area contributed by atoms with Gasteiger partial charge in [-0.2, -0.15) is 5.10 Å². The van der Waals surface area contributed by atoms with Crippen molar-refractivity contribution in [1.82, 2.24) is 9.78 Å². The third kappa shape index (κ3) is 1.07. The SMILES string of the molecule is Cc1ccc2c(c1N)OCc1cnn(C)c1-2. The molecule has 1 aliphatic heterocycles. The van der Waals surface area contributed by atoms with Gasteiger partial charge < -0.3 is 10.5 Å². The first-order valence-electron chi connectivity index (χ1n) is 5.21. The van der Waals surface area contributed by atoms with Crippen molar-refractivity contribution >= 4 is 5.69 Å². The molecule has 0 spiro atoms. The second-order valence-electron chi connectivity index (χ2n) is 4.10. The van der Waals surface area contributed by atoms with E-state index in [0.717, 1.165) is 33.8 Å². The maximum Gasteiger partial charge on any atom is 0.152 e. The van der Waals surface area contributed by atoms with Gasteiger partial charge in [0.15, 0.2) is 5.75 Å². The van der Waals surface area contributed by atoms with Gasteiger partial charge in [0.2, 0.25) is 0 Å². The van der Waals surface area contributed by atoms with Crippen molar-refractivity contribution in [2.24, 2.45) is 7.05 Å². The molecule has 2 N–H and O–H groups in total. The molecule has 2 heterocycles. The highest BCUT2D eigenvalue weighted by atomic mass is 16.5. The number of aryl methyl sites for hydroxylation is 2. The summed E-state index contributed by atoms with van der Waals surface area (Å²) in [6.07, 6.45) is 1.84. The molecule has 82 valence electrons. The normalized spacial score (nSPS) is 12.9. The van der Waals surface area contributed by atoms with Crippen LogP contribution < -0.4 is 10.5 Å². The highest BCUT2D eigenvalue weighted by molar-refractivity contribution is 5.80. The molecule has 0 saturated carbocycles. The van der Waals surface area contributed by atoms with E-state index in [0.29, 0.717) is 6.61 Å². The first-order chi connectivity index (χ1) is 7.68. The standard InChI is InChI=1S/C12H13N3O/c1-7-3-4-9-11-8(5-14-15(11)2)6-16-12(9)10(7)13/h3-5H,6,13H2,1-2H3. The molecule has 1 aliphatic rings. The average molecular weight is 215 g/mol. The lowest BCUT2D eigenvalue weighted by atomic mass is 10.0. The van der Waals surface area contributed by atoms with Gasteiger partial charge in [0.05, 0.1) is 17.6 Å². The maximum atomic E-state index is 6.02. The smallest absolute Gasteiger partial charge is 0.152 e. The van der Waals surface area contributed by atoms with Gasteiger partial charge in [-0.3, -0.25) is 4.68 Å². The van der Waals surface area contributed by atoms with Crippen LogP contribution in [0.2, 0.25) is 0 Å². The Morgan fingerprint density at radius 2 is 2.25 bits per heavy atom. The lowest BCUT2D eigenvalue weighted by molar-refractivity contribution is 0.303. The number of rotatable bonds is 0. The Hall–Kier alpha value is -1.97. The number of ether oxygens (including phenoxy) is 1. The van der Waals surface area contributed by atoms with Gasteiger partial charge in [-0.1, -0.05) is 6.07 Å². The molecule has 0 aliphatic carbocycles. The van der Waals surface area contributed by atoms with Crippen LogP contribution in [0.15, 0.2) is 18.3 Å². The van der Waals surface area contributed by atoms with Gasteiger partial charge in [0.1, 0.15) is 6.61 Å². The van der Waals surface area contributed by atoms with E-state index in [9.17, 15) is 0 Å². The summed E-state index contributed by atoms with van der Waals surface area (Å²) in [5.41, 5.74) is 11.0. The van der Waals surface area contributed by atoms with E-state index >= 15 is 0 Å². The minimum absolute atomic E-state index is 0.545. The van der Waals surface area contributed by atoms with Crippen LogP contribution in [-0.2, 0) is 13.7 Å². The van der Waals surface area contributed by atoms with Crippen molar-refractivity contribution < 1.29 is 4.74 Å². The lowest BCUT2D eigenvalue weighted by Crippen LogP contribution is -2.09. The van der Waals surface area contributed by atoms with E-state index in [1.807, 2.05) is 37.0 Å². The van der Waals surface area contributed by atoms with E-state index in [-0.39, 0.29) is 0 Å². The highest BCUT2D eigenvalue weighted by Gasteiger charge is 2.23. The first-order valence-corrected chi connectivity index (χ1v) is 5.21. The van der Waals surface area contributed by atoms with Crippen LogP contribution in [0.3, 0.4) is 0 Å². The molecule has 0 radical (unpaired) electrons. The van der Waals surface area contributed by atoms with E-state index in [4.69, 9.17) is 10.5 Å².